The molecule has 0 saturated heterocycles. The Hall–Kier alpha value is -1.09. The largest absolute Gasteiger partial charge is 0.347 e. The first kappa shape index (κ1) is 10.4. The first-order valence-corrected chi connectivity index (χ1v) is 6.23. The molecule has 3 heteroatoms. The highest BCUT2D eigenvalue weighted by molar-refractivity contribution is 7.85. The average molecular weight is 221 g/mol. The molecule has 0 fully saturated rings. The van der Waals surface area contributed by atoms with E-state index in [0.717, 1.165) is 16.3 Å². The molecule has 2 rings (SSSR count). The van der Waals surface area contributed by atoms with E-state index < -0.39 is 10.8 Å². The molecule has 15 heavy (non-hydrogen) atoms. The van der Waals surface area contributed by atoms with Crippen LogP contribution in [0.3, 0.4) is 0 Å². The van der Waals surface area contributed by atoms with Crippen molar-refractivity contribution in [1.29, 1.82) is 0 Å². The molecule has 0 saturated carbocycles. The predicted octanol–water partition coefficient (Wildman–Crippen LogP) is 2.37. The Morgan fingerprint density at radius 1 is 1.33 bits per heavy atom. The summed E-state index contributed by atoms with van der Waals surface area (Å²) in [6.07, 6.45) is 0. The van der Waals surface area contributed by atoms with E-state index in [1.165, 1.54) is 11.1 Å². The van der Waals surface area contributed by atoms with Crippen LogP contribution in [0.5, 0.6) is 0 Å². The monoisotopic (exact) mass is 221 g/mol. The molecular weight excluding hydrogens is 206 g/mol. The molecule has 1 aliphatic heterocycles. The zero-order valence-electron chi connectivity index (χ0n) is 9.33. The highest BCUT2D eigenvalue weighted by Gasteiger charge is 2.23. The fraction of sp³-hybridized carbons (Fsp3) is 0.333. The second-order valence-corrected chi connectivity index (χ2v) is 5.44. The predicted molar refractivity (Wildman–Crippen MR) is 64.7 cm³/mol. The molecule has 80 valence electrons. The third-order valence-electron chi connectivity index (χ3n) is 2.95. The number of hydrogen-bond acceptors (Lipinski definition) is 2. The van der Waals surface area contributed by atoms with E-state index in [1.54, 1.807) is 0 Å². The summed E-state index contributed by atoms with van der Waals surface area (Å²) in [7, 11) is 1.05. The number of aryl methyl sites for hydroxylation is 2. The molecule has 0 bridgehead atoms. The Bertz CT molecular complexity index is 465. The van der Waals surface area contributed by atoms with E-state index >= 15 is 0 Å². The molecule has 0 aromatic heterocycles. The van der Waals surface area contributed by atoms with E-state index in [2.05, 4.69) is 26.5 Å². The van der Waals surface area contributed by atoms with Gasteiger partial charge in [-0.05, 0) is 37.1 Å². The summed E-state index contributed by atoms with van der Waals surface area (Å²) in [5, 5.41) is 0. The van der Waals surface area contributed by atoms with Gasteiger partial charge in [0.15, 0.2) is 0 Å². The topological polar surface area (TPSA) is 20.3 Å². The van der Waals surface area contributed by atoms with E-state index in [-0.39, 0.29) is 0 Å². The van der Waals surface area contributed by atoms with Gasteiger partial charge in [-0.25, -0.2) is 0 Å². The Morgan fingerprint density at radius 2 is 1.93 bits per heavy atom. The molecule has 1 atom stereocenters. The van der Waals surface area contributed by atoms with Gasteiger partial charge in [0, 0.05) is 12.7 Å². The molecule has 0 aliphatic carbocycles. The van der Waals surface area contributed by atoms with Crippen molar-refractivity contribution in [1.82, 2.24) is 0 Å². The minimum atomic E-state index is -0.926. The van der Waals surface area contributed by atoms with Crippen molar-refractivity contribution < 1.29 is 4.21 Å². The third kappa shape index (κ3) is 1.61. The first-order chi connectivity index (χ1) is 7.00. The Kier molecular flexibility index (Phi) is 2.43. The fourth-order valence-electron chi connectivity index (χ4n) is 1.72. The van der Waals surface area contributed by atoms with Crippen LogP contribution in [0.4, 0.5) is 5.69 Å². The molecule has 0 radical (unpaired) electrons. The van der Waals surface area contributed by atoms with Crippen LogP contribution < -0.4 is 4.90 Å². The number of benzene rings is 1. The van der Waals surface area contributed by atoms with E-state index in [0.29, 0.717) is 5.75 Å². The highest BCUT2D eigenvalue weighted by Crippen LogP contribution is 2.33. The maximum atomic E-state index is 11.9. The zero-order chi connectivity index (χ0) is 11.2. The summed E-state index contributed by atoms with van der Waals surface area (Å²) < 4.78 is 11.9. The van der Waals surface area contributed by atoms with Crippen LogP contribution in [-0.4, -0.2) is 17.0 Å². The summed E-state index contributed by atoms with van der Waals surface area (Å²) in [6, 6.07) is 4.12. The van der Waals surface area contributed by atoms with Crippen LogP contribution in [0, 0.1) is 13.8 Å². The van der Waals surface area contributed by atoms with Crippen LogP contribution in [0.2, 0.25) is 0 Å². The summed E-state index contributed by atoms with van der Waals surface area (Å²) in [4.78, 5) is 2.97. The molecule has 0 amide bonds. The number of rotatable bonds is 0. The lowest BCUT2D eigenvalue weighted by Gasteiger charge is -2.29. The molecule has 1 unspecified atom stereocenters. The van der Waals surface area contributed by atoms with Crippen molar-refractivity contribution in [3.8, 4) is 0 Å². The molecule has 1 aromatic rings. The summed E-state index contributed by atoms with van der Waals surface area (Å²) in [5.74, 6) is 0.548. The van der Waals surface area contributed by atoms with E-state index in [1.807, 2.05) is 18.0 Å². The lowest BCUT2D eigenvalue weighted by molar-refractivity contribution is 0.682. The van der Waals surface area contributed by atoms with Crippen LogP contribution in [0.1, 0.15) is 11.1 Å². The highest BCUT2D eigenvalue weighted by atomic mass is 32.2. The molecule has 0 N–H and O–H groups in total. The number of nitrogens with zero attached hydrogens (tertiary/aromatic N) is 1. The van der Waals surface area contributed by atoms with Crippen molar-refractivity contribution in [2.75, 3.05) is 17.7 Å². The maximum Gasteiger partial charge on any atom is 0.0680 e. The van der Waals surface area contributed by atoms with Gasteiger partial charge in [-0.15, -0.1) is 0 Å². The second kappa shape index (κ2) is 3.49. The van der Waals surface area contributed by atoms with Gasteiger partial charge in [0.25, 0.3) is 0 Å². The summed E-state index contributed by atoms with van der Waals surface area (Å²) in [6.45, 7) is 8.05. The SMILES string of the molecule is C=C1CS(=O)c2cc(C)c(C)cc2N1C. The third-order valence-corrected chi connectivity index (χ3v) is 4.37. The minimum Gasteiger partial charge on any atom is -0.347 e. The molecule has 1 heterocycles. The molecule has 2 nitrogen and oxygen atoms in total. The van der Waals surface area contributed by atoms with Gasteiger partial charge in [0.05, 0.1) is 27.1 Å². The van der Waals surface area contributed by atoms with Crippen LogP contribution in [0.25, 0.3) is 0 Å². The number of anilines is 1. The van der Waals surface area contributed by atoms with Crippen molar-refractivity contribution >= 4 is 16.5 Å². The Labute approximate surface area is 93.1 Å². The molecule has 0 spiro atoms. The van der Waals surface area contributed by atoms with Crippen molar-refractivity contribution in [2.45, 2.75) is 18.7 Å². The average Bonchev–Trinajstić information content (AvgIpc) is 2.18. The van der Waals surface area contributed by atoms with E-state index in [4.69, 9.17) is 0 Å². The maximum absolute atomic E-state index is 11.9. The van der Waals surface area contributed by atoms with Gasteiger partial charge in [0.2, 0.25) is 0 Å². The summed E-state index contributed by atoms with van der Waals surface area (Å²) in [5.41, 5.74) is 4.38. The van der Waals surface area contributed by atoms with Gasteiger partial charge in [0.1, 0.15) is 0 Å². The lowest BCUT2D eigenvalue weighted by atomic mass is 10.1. The Balaban J connectivity index is 2.66. The van der Waals surface area contributed by atoms with E-state index in [9.17, 15) is 4.21 Å². The van der Waals surface area contributed by atoms with Crippen LogP contribution in [-0.2, 0) is 10.8 Å². The van der Waals surface area contributed by atoms with Gasteiger partial charge < -0.3 is 4.90 Å². The van der Waals surface area contributed by atoms with Crippen molar-refractivity contribution in [3.63, 3.8) is 0 Å². The van der Waals surface area contributed by atoms with Crippen molar-refractivity contribution in [2.24, 2.45) is 0 Å². The second-order valence-electron chi connectivity index (χ2n) is 4.02. The smallest absolute Gasteiger partial charge is 0.0680 e. The van der Waals surface area contributed by atoms with Gasteiger partial charge in [-0.2, -0.15) is 0 Å². The first-order valence-electron chi connectivity index (χ1n) is 4.92. The Morgan fingerprint density at radius 3 is 2.60 bits per heavy atom. The normalized spacial score (nSPS) is 20.3. The molecule has 1 aliphatic rings. The van der Waals surface area contributed by atoms with Gasteiger partial charge in [-0.3, -0.25) is 4.21 Å². The zero-order valence-corrected chi connectivity index (χ0v) is 10.1. The van der Waals surface area contributed by atoms with Crippen LogP contribution >= 0.6 is 0 Å². The van der Waals surface area contributed by atoms with Gasteiger partial charge in [-0.1, -0.05) is 6.58 Å². The summed E-state index contributed by atoms with van der Waals surface area (Å²) >= 11 is 0. The number of hydrogen-bond donors (Lipinski definition) is 0. The number of fused-ring (bicyclic) bond motifs is 1. The minimum absolute atomic E-state index is 0.548. The van der Waals surface area contributed by atoms with Crippen LogP contribution in [0.15, 0.2) is 29.3 Å². The lowest BCUT2D eigenvalue weighted by Crippen LogP contribution is -2.26. The van der Waals surface area contributed by atoms with Gasteiger partial charge >= 0.3 is 0 Å². The molecule has 1 aromatic carbocycles. The quantitative estimate of drug-likeness (QED) is 0.670. The fourth-order valence-corrected chi connectivity index (χ4v) is 3.10. The standard InChI is InChI=1S/C12H15NOS/c1-8-5-11-12(6-9(8)2)15(14)7-10(3)13(11)4/h5-6H,3,7H2,1-2,4H3. The molecular formula is C12H15NOS. The van der Waals surface area contributed by atoms with Crippen molar-refractivity contribution in [3.05, 3.63) is 35.5 Å².